The van der Waals surface area contributed by atoms with E-state index in [1.807, 2.05) is 24.3 Å². The van der Waals surface area contributed by atoms with E-state index in [4.69, 9.17) is 9.15 Å². The van der Waals surface area contributed by atoms with Crippen molar-refractivity contribution in [2.45, 2.75) is 0 Å². The lowest BCUT2D eigenvalue weighted by Crippen LogP contribution is -2.22. The molecule has 1 N–H and O–H groups in total. The summed E-state index contributed by atoms with van der Waals surface area (Å²) in [7, 11) is 1.49. The number of carbonyl (C=O) groups is 1. The fraction of sp³-hybridized carbons (Fsp3) is 0.0769. The molecule has 19 heavy (non-hydrogen) atoms. The summed E-state index contributed by atoms with van der Waals surface area (Å²) in [6.45, 7) is 0. The third-order valence-electron chi connectivity index (χ3n) is 2.71. The van der Waals surface area contributed by atoms with E-state index in [0.717, 1.165) is 22.1 Å². The molecule has 0 atom stereocenters. The Balaban J connectivity index is 2.35. The van der Waals surface area contributed by atoms with Crippen molar-refractivity contribution in [3.05, 3.63) is 40.1 Å². The summed E-state index contributed by atoms with van der Waals surface area (Å²) < 4.78 is 11.0. The molecule has 0 bridgehead atoms. The van der Waals surface area contributed by atoms with Gasteiger partial charge in [0.05, 0.1) is 4.70 Å². The van der Waals surface area contributed by atoms with Gasteiger partial charge >= 0.3 is 11.0 Å². The fourth-order valence-corrected chi connectivity index (χ4v) is 2.62. The van der Waals surface area contributed by atoms with Gasteiger partial charge in [-0.2, -0.15) is 0 Å². The monoisotopic (exact) mass is 275 g/mol. The normalized spacial score (nSPS) is 10.8. The van der Waals surface area contributed by atoms with Crippen LogP contribution in [0.5, 0.6) is 5.75 Å². The highest BCUT2D eigenvalue weighted by Crippen LogP contribution is 2.34. The number of hydrogen-bond acceptors (Lipinski definition) is 5. The van der Waals surface area contributed by atoms with E-state index in [2.05, 4.69) is 5.32 Å². The second-order valence-electron chi connectivity index (χ2n) is 3.84. The van der Waals surface area contributed by atoms with Crippen LogP contribution in [0.2, 0.25) is 0 Å². The molecule has 1 amide bonds. The fourth-order valence-electron chi connectivity index (χ4n) is 1.90. The Bertz CT molecular complexity index is 833. The minimum absolute atomic E-state index is 0.378. The summed E-state index contributed by atoms with van der Waals surface area (Å²) in [4.78, 5) is 22.3. The molecular formula is C13H9NO4S. The molecule has 0 fully saturated rings. The van der Waals surface area contributed by atoms with E-state index in [9.17, 15) is 9.59 Å². The summed E-state index contributed by atoms with van der Waals surface area (Å²) in [6, 6.07) is 8.94. The van der Waals surface area contributed by atoms with Crippen LogP contribution in [0.4, 0.5) is 4.79 Å². The lowest BCUT2D eigenvalue weighted by molar-refractivity contribution is 0.203. The summed E-state index contributed by atoms with van der Waals surface area (Å²) >= 11 is 0.982. The van der Waals surface area contributed by atoms with Gasteiger partial charge in [0.15, 0.2) is 5.58 Å². The van der Waals surface area contributed by atoms with Gasteiger partial charge in [-0.05, 0) is 0 Å². The second kappa shape index (κ2) is 4.40. The number of benzene rings is 2. The SMILES string of the molecule is CNC(=O)Oc1cc2sc(=O)oc2c2ccccc12. The number of rotatable bonds is 1. The predicted octanol–water partition coefficient (Wildman–Crippen LogP) is 2.73. The molecule has 0 saturated carbocycles. The van der Waals surface area contributed by atoms with Gasteiger partial charge in [-0.25, -0.2) is 9.59 Å². The van der Waals surface area contributed by atoms with Crippen LogP contribution in [-0.4, -0.2) is 13.1 Å². The zero-order chi connectivity index (χ0) is 13.4. The standard InChI is InChI=1S/C13H9NO4S/c1-14-12(15)17-9-6-10-11(18-13(16)19-10)8-5-3-2-4-7(8)9/h2-6H,1H3,(H,14,15). The van der Waals surface area contributed by atoms with Crippen molar-refractivity contribution < 1.29 is 13.9 Å². The summed E-state index contributed by atoms with van der Waals surface area (Å²) in [5, 5.41) is 3.86. The molecule has 3 aromatic rings. The summed E-state index contributed by atoms with van der Waals surface area (Å²) in [6.07, 6.45) is -0.555. The van der Waals surface area contributed by atoms with Gasteiger partial charge in [0.1, 0.15) is 5.75 Å². The first-order valence-corrected chi connectivity index (χ1v) is 6.35. The quantitative estimate of drug-likeness (QED) is 0.741. The largest absolute Gasteiger partial charge is 0.413 e. The van der Waals surface area contributed by atoms with E-state index in [1.54, 1.807) is 6.07 Å². The van der Waals surface area contributed by atoms with E-state index >= 15 is 0 Å². The molecule has 0 unspecified atom stereocenters. The Labute approximate surface area is 111 Å². The van der Waals surface area contributed by atoms with E-state index in [1.165, 1.54) is 7.05 Å². The number of nitrogens with one attached hydrogen (secondary N) is 1. The van der Waals surface area contributed by atoms with Crippen molar-refractivity contribution in [2.24, 2.45) is 0 Å². The molecule has 96 valence electrons. The van der Waals surface area contributed by atoms with Gasteiger partial charge in [-0.1, -0.05) is 35.6 Å². The lowest BCUT2D eigenvalue weighted by Gasteiger charge is -2.07. The number of ether oxygens (including phenoxy) is 1. The first kappa shape index (κ1) is 11.7. The van der Waals surface area contributed by atoms with Crippen molar-refractivity contribution in [2.75, 3.05) is 7.05 Å². The predicted molar refractivity (Wildman–Crippen MR) is 73.0 cm³/mol. The van der Waals surface area contributed by atoms with Gasteiger partial charge in [-0.3, -0.25) is 0 Å². The summed E-state index contributed by atoms with van der Waals surface area (Å²) in [5.74, 6) is 0.402. The number of amides is 1. The van der Waals surface area contributed by atoms with Crippen molar-refractivity contribution in [1.29, 1.82) is 0 Å². The third-order valence-corrected chi connectivity index (χ3v) is 3.48. The molecule has 3 rings (SSSR count). The third kappa shape index (κ3) is 1.96. The maximum absolute atomic E-state index is 11.4. The Morgan fingerprint density at radius 3 is 2.79 bits per heavy atom. The Hall–Kier alpha value is -2.34. The van der Waals surface area contributed by atoms with Crippen LogP contribution in [0, 0.1) is 0 Å². The average molecular weight is 275 g/mol. The van der Waals surface area contributed by atoms with Crippen molar-refractivity contribution in [3.63, 3.8) is 0 Å². The highest BCUT2D eigenvalue weighted by Gasteiger charge is 2.13. The van der Waals surface area contributed by atoms with E-state index < -0.39 is 6.09 Å². The minimum atomic E-state index is -0.555. The van der Waals surface area contributed by atoms with Crippen LogP contribution in [-0.2, 0) is 0 Å². The number of carbonyl (C=O) groups excluding carboxylic acids is 1. The summed E-state index contributed by atoms with van der Waals surface area (Å²) in [5.41, 5.74) is 0.523. The average Bonchev–Trinajstić information content (AvgIpc) is 2.79. The number of hydrogen-bond donors (Lipinski definition) is 1. The smallest absolute Gasteiger partial charge is 0.412 e. The molecule has 2 aromatic carbocycles. The topological polar surface area (TPSA) is 68.5 Å². The van der Waals surface area contributed by atoms with E-state index in [-0.39, 0.29) is 4.94 Å². The van der Waals surface area contributed by atoms with Gasteiger partial charge in [0, 0.05) is 23.9 Å². The van der Waals surface area contributed by atoms with Gasteiger partial charge < -0.3 is 14.5 Å². The molecule has 0 aliphatic heterocycles. The number of fused-ring (bicyclic) bond motifs is 3. The zero-order valence-corrected chi connectivity index (χ0v) is 10.7. The highest BCUT2D eigenvalue weighted by molar-refractivity contribution is 7.16. The van der Waals surface area contributed by atoms with Crippen LogP contribution in [0.25, 0.3) is 21.1 Å². The molecule has 0 aliphatic rings. The maximum Gasteiger partial charge on any atom is 0.412 e. The molecule has 0 radical (unpaired) electrons. The Morgan fingerprint density at radius 1 is 1.32 bits per heavy atom. The van der Waals surface area contributed by atoms with Crippen molar-refractivity contribution in [3.8, 4) is 5.75 Å². The molecule has 5 nitrogen and oxygen atoms in total. The molecule has 0 aliphatic carbocycles. The van der Waals surface area contributed by atoms with Gasteiger partial charge in [-0.15, -0.1) is 0 Å². The molecule has 6 heteroatoms. The Kier molecular flexibility index (Phi) is 2.72. The molecular weight excluding hydrogens is 266 g/mol. The van der Waals surface area contributed by atoms with Crippen molar-refractivity contribution in [1.82, 2.24) is 5.32 Å². The van der Waals surface area contributed by atoms with Crippen LogP contribution >= 0.6 is 11.3 Å². The Morgan fingerprint density at radius 2 is 2.05 bits per heavy atom. The maximum atomic E-state index is 11.4. The molecule has 1 aromatic heterocycles. The van der Waals surface area contributed by atoms with Crippen LogP contribution in [0.3, 0.4) is 0 Å². The molecule has 0 spiro atoms. The van der Waals surface area contributed by atoms with Crippen LogP contribution in [0.15, 0.2) is 39.5 Å². The van der Waals surface area contributed by atoms with Gasteiger partial charge in [0.25, 0.3) is 0 Å². The van der Waals surface area contributed by atoms with Gasteiger partial charge in [0.2, 0.25) is 0 Å². The minimum Gasteiger partial charge on any atom is -0.413 e. The molecule has 0 saturated heterocycles. The van der Waals surface area contributed by atoms with E-state index in [0.29, 0.717) is 16.0 Å². The molecule has 1 heterocycles. The van der Waals surface area contributed by atoms with Crippen LogP contribution in [0.1, 0.15) is 0 Å². The first-order chi connectivity index (χ1) is 9.19. The highest BCUT2D eigenvalue weighted by atomic mass is 32.1. The first-order valence-electron chi connectivity index (χ1n) is 5.54. The zero-order valence-electron chi connectivity index (χ0n) is 9.93. The second-order valence-corrected chi connectivity index (χ2v) is 4.82. The lowest BCUT2D eigenvalue weighted by atomic mass is 10.1. The van der Waals surface area contributed by atoms with Crippen molar-refractivity contribution >= 4 is 38.5 Å². The van der Waals surface area contributed by atoms with Crippen LogP contribution < -0.4 is 15.0 Å².